The van der Waals surface area contributed by atoms with Crippen LogP contribution in [0.2, 0.25) is 0 Å². The Hall–Kier alpha value is -2.36. The van der Waals surface area contributed by atoms with Gasteiger partial charge in [0.25, 0.3) is 5.91 Å². The number of thioether (sulfide) groups is 1. The summed E-state index contributed by atoms with van der Waals surface area (Å²) in [7, 11) is 0. The summed E-state index contributed by atoms with van der Waals surface area (Å²) in [5.74, 6) is -0.910. The highest BCUT2D eigenvalue weighted by Gasteiger charge is 2.33. The minimum atomic E-state index is -4.54. The maximum Gasteiger partial charge on any atom is 0.447 e. The second-order valence-corrected chi connectivity index (χ2v) is 6.67. The van der Waals surface area contributed by atoms with Crippen molar-refractivity contribution >= 4 is 23.5 Å². The van der Waals surface area contributed by atoms with E-state index in [4.69, 9.17) is 0 Å². The predicted octanol–water partition coefficient (Wildman–Crippen LogP) is 3.24. The minimum Gasteiger partial charge on any atom is -0.352 e. The van der Waals surface area contributed by atoms with E-state index in [9.17, 15) is 22.4 Å². The lowest BCUT2D eigenvalue weighted by Gasteiger charge is -2.18. The molecule has 3 heterocycles. The number of alkyl halides is 3. The molecule has 1 fully saturated rings. The number of aromatic nitrogens is 2. The second-order valence-electron chi connectivity index (χ2n) is 5.62. The lowest BCUT2D eigenvalue weighted by atomic mass is 10.2. The normalized spacial score (nSPS) is 17.4. The van der Waals surface area contributed by atoms with Gasteiger partial charge in [0.15, 0.2) is 11.6 Å². The van der Waals surface area contributed by atoms with Crippen LogP contribution in [-0.2, 0) is 0 Å². The third-order valence-electron chi connectivity index (χ3n) is 3.79. The molecule has 1 saturated heterocycles. The molecule has 0 aromatic carbocycles. The fourth-order valence-electron chi connectivity index (χ4n) is 2.70. The maximum atomic E-state index is 13.8. The maximum absolute atomic E-state index is 13.8. The van der Waals surface area contributed by atoms with Gasteiger partial charge < -0.3 is 10.2 Å². The van der Waals surface area contributed by atoms with Crippen LogP contribution in [0.15, 0.2) is 41.7 Å². The molecule has 0 radical (unpaired) electrons. The van der Waals surface area contributed by atoms with Crippen molar-refractivity contribution in [3.05, 3.63) is 48.0 Å². The van der Waals surface area contributed by atoms with Gasteiger partial charge >= 0.3 is 5.51 Å². The first-order chi connectivity index (χ1) is 12.3. The summed E-state index contributed by atoms with van der Waals surface area (Å²) in [4.78, 5) is 21.7. The average molecular weight is 386 g/mol. The summed E-state index contributed by atoms with van der Waals surface area (Å²) in [6.45, 7) is 0.803. The number of nitrogens with zero attached hydrogens (tertiary/aromatic N) is 3. The monoisotopic (exact) mass is 386 g/mol. The summed E-state index contributed by atoms with van der Waals surface area (Å²) in [5.41, 5.74) is -4.68. The van der Waals surface area contributed by atoms with Gasteiger partial charge in [0.05, 0.1) is 5.56 Å². The van der Waals surface area contributed by atoms with Gasteiger partial charge in [0.1, 0.15) is 5.03 Å². The summed E-state index contributed by atoms with van der Waals surface area (Å²) in [6, 6.07) is 5.15. The van der Waals surface area contributed by atoms with Crippen LogP contribution in [-0.4, -0.2) is 40.5 Å². The molecule has 1 amide bonds. The molecule has 26 heavy (non-hydrogen) atoms. The topological polar surface area (TPSA) is 58.1 Å². The van der Waals surface area contributed by atoms with E-state index >= 15 is 0 Å². The minimum absolute atomic E-state index is 0.141. The molecule has 138 valence electrons. The fraction of sp³-hybridized carbons (Fsp3) is 0.312. The molecule has 1 aliphatic heterocycles. The second kappa shape index (κ2) is 7.48. The number of pyridine rings is 2. The first kappa shape index (κ1) is 18.4. The molecule has 0 aliphatic carbocycles. The molecule has 1 unspecified atom stereocenters. The largest absolute Gasteiger partial charge is 0.447 e. The summed E-state index contributed by atoms with van der Waals surface area (Å²) in [5, 5.41) is 2.29. The van der Waals surface area contributed by atoms with E-state index in [1.807, 2.05) is 0 Å². The number of rotatable bonds is 4. The average Bonchev–Trinajstić information content (AvgIpc) is 3.02. The number of nitrogens with one attached hydrogen (secondary N) is 1. The molecule has 3 rings (SSSR count). The Morgan fingerprint density at radius 2 is 1.96 bits per heavy atom. The fourth-order valence-corrected chi connectivity index (χ4v) is 3.30. The van der Waals surface area contributed by atoms with Crippen LogP contribution in [0.3, 0.4) is 0 Å². The molecule has 0 spiro atoms. The van der Waals surface area contributed by atoms with Gasteiger partial charge in [-0.05, 0) is 30.7 Å². The Morgan fingerprint density at radius 1 is 1.23 bits per heavy atom. The van der Waals surface area contributed by atoms with E-state index in [1.54, 1.807) is 4.90 Å². The molecule has 0 bridgehead atoms. The molecule has 2 aromatic heterocycles. The van der Waals surface area contributed by atoms with Crippen LogP contribution in [0.4, 0.5) is 23.4 Å². The zero-order valence-corrected chi connectivity index (χ0v) is 14.1. The van der Waals surface area contributed by atoms with Crippen molar-refractivity contribution in [2.24, 2.45) is 0 Å². The van der Waals surface area contributed by atoms with Crippen LogP contribution in [0.1, 0.15) is 16.8 Å². The van der Waals surface area contributed by atoms with Crippen molar-refractivity contribution in [1.82, 2.24) is 15.3 Å². The highest BCUT2D eigenvalue weighted by Crippen LogP contribution is 2.37. The van der Waals surface area contributed by atoms with Crippen LogP contribution in [0.5, 0.6) is 0 Å². The Morgan fingerprint density at radius 3 is 2.69 bits per heavy atom. The first-order valence-corrected chi connectivity index (χ1v) is 8.52. The quantitative estimate of drug-likeness (QED) is 0.646. The van der Waals surface area contributed by atoms with E-state index in [2.05, 4.69) is 15.3 Å². The molecule has 1 atom stereocenters. The van der Waals surface area contributed by atoms with Crippen LogP contribution in [0.25, 0.3) is 0 Å². The smallest absolute Gasteiger partial charge is 0.352 e. The highest BCUT2D eigenvalue weighted by atomic mass is 32.2. The van der Waals surface area contributed by atoms with E-state index in [0.29, 0.717) is 19.5 Å². The van der Waals surface area contributed by atoms with Crippen molar-refractivity contribution in [3.63, 3.8) is 0 Å². The van der Waals surface area contributed by atoms with Crippen molar-refractivity contribution in [2.75, 3.05) is 18.0 Å². The van der Waals surface area contributed by atoms with Gasteiger partial charge in [-0.15, -0.1) is 0 Å². The molecule has 5 nitrogen and oxygen atoms in total. The Labute approximate surface area is 150 Å². The number of amides is 1. The molecular formula is C16H14F4N4OS. The van der Waals surface area contributed by atoms with Crippen LogP contribution in [0, 0.1) is 5.82 Å². The van der Waals surface area contributed by atoms with Gasteiger partial charge in [-0.1, -0.05) is 0 Å². The number of hydrogen-bond acceptors (Lipinski definition) is 5. The van der Waals surface area contributed by atoms with Gasteiger partial charge in [0, 0.05) is 43.3 Å². The number of anilines is 1. The van der Waals surface area contributed by atoms with Crippen molar-refractivity contribution in [1.29, 1.82) is 0 Å². The van der Waals surface area contributed by atoms with Crippen LogP contribution < -0.4 is 10.2 Å². The Bertz CT molecular complexity index is 802. The van der Waals surface area contributed by atoms with E-state index < -0.39 is 34.0 Å². The standard InChI is InChI=1S/C16H14F4N4OS/c17-12-4-2-6-21-13(12)24-8-5-10(9-24)23-14(25)11-3-1-7-22-15(11)26-16(18,19)20/h1-4,6-7,10H,5,8-9H2,(H,23,25). The summed E-state index contributed by atoms with van der Waals surface area (Å²) < 4.78 is 51.6. The molecule has 10 heteroatoms. The van der Waals surface area contributed by atoms with Gasteiger partial charge in [-0.3, -0.25) is 4.79 Å². The Kier molecular flexibility index (Phi) is 5.30. The number of hydrogen-bond donors (Lipinski definition) is 1. The van der Waals surface area contributed by atoms with E-state index in [1.165, 1.54) is 36.7 Å². The molecular weight excluding hydrogens is 372 g/mol. The van der Waals surface area contributed by atoms with Crippen molar-refractivity contribution in [2.45, 2.75) is 23.0 Å². The Balaban J connectivity index is 1.67. The zero-order chi connectivity index (χ0) is 18.7. The summed E-state index contributed by atoms with van der Waals surface area (Å²) >= 11 is -0.429. The SMILES string of the molecule is O=C(NC1CCN(c2ncccc2F)C1)c1cccnc1SC(F)(F)F. The zero-order valence-electron chi connectivity index (χ0n) is 13.3. The van der Waals surface area contributed by atoms with Gasteiger partial charge in [0.2, 0.25) is 0 Å². The van der Waals surface area contributed by atoms with E-state index in [-0.39, 0.29) is 17.4 Å². The third-order valence-corrected chi connectivity index (χ3v) is 4.54. The molecule has 1 N–H and O–H groups in total. The lowest BCUT2D eigenvalue weighted by molar-refractivity contribution is -0.0329. The van der Waals surface area contributed by atoms with Gasteiger partial charge in [-0.25, -0.2) is 14.4 Å². The first-order valence-electron chi connectivity index (χ1n) is 7.70. The molecule has 1 aliphatic rings. The molecule has 2 aromatic rings. The number of halogens is 4. The highest BCUT2D eigenvalue weighted by molar-refractivity contribution is 8.00. The summed E-state index contributed by atoms with van der Waals surface area (Å²) in [6.07, 6.45) is 3.20. The predicted molar refractivity (Wildman–Crippen MR) is 88.4 cm³/mol. The van der Waals surface area contributed by atoms with Crippen LogP contribution >= 0.6 is 11.8 Å². The van der Waals surface area contributed by atoms with Gasteiger partial charge in [-0.2, -0.15) is 13.2 Å². The number of carbonyl (C=O) groups is 1. The lowest BCUT2D eigenvalue weighted by Crippen LogP contribution is -2.37. The van der Waals surface area contributed by atoms with Crippen molar-refractivity contribution < 1.29 is 22.4 Å². The third kappa shape index (κ3) is 4.43. The number of carbonyl (C=O) groups excluding carboxylic acids is 1. The van der Waals surface area contributed by atoms with E-state index in [0.717, 1.165) is 0 Å². The van der Waals surface area contributed by atoms with Crippen molar-refractivity contribution in [3.8, 4) is 0 Å². The molecule has 0 saturated carbocycles.